The van der Waals surface area contributed by atoms with Crippen LogP contribution in [0, 0.1) is 5.82 Å². The molecule has 0 aliphatic rings. The molecule has 31 heavy (non-hydrogen) atoms. The molecular formula is C23H25FN4O3. The molecule has 2 aromatic carbocycles. The molecule has 2 N–H and O–H groups in total. The van der Waals surface area contributed by atoms with Crippen LogP contribution in [0.5, 0.6) is 23.1 Å². The summed E-state index contributed by atoms with van der Waals surface area (Å²) in [6, 6.07) is 16.9. The molecule has 3 rings (SSSR count). The highest BCUT2D eigenvalue weighted by molar-refractivity contribution is 5.79. The van der Waals surface area contributed by atoms with Crippen LogP contribution in [0.4, 0.5) is 4.39 Å². The van der Waals surface area contributed by atoms with Crippen molar-refractivity contribution in [1.82, 2.24) is 15.6 Å². The third-order valence-electron chi connectivity index (χ3n) is 4.24. The van der Waals surface area contributed by atoms with Crippen LogP contribution in [0.2, 0.25) is 0 Å². The van der Waals surface area contributed by atoms with Crippen molar-refractivity contribution in [3.05, 3.63) is 78.2 Å². The van der Waals surface area contributed by atoms with Gasteiger partial charge < -0.3 is 24.8 Å². The molecule has 0 aliphatic carbocycles. The summed E-state index contributed by atoms with van der Waals surface area (Å²) in [5, 5.41) is 6.41. The number of pyridine rings is 1. The molecule has 0 spiro atoms. The maximum atomic E-state index is 13.0. The first kappa shape index (κ1) is 21.9. The number of halogens is 1. The summed E-state index contributed by atoms with van der Waals surface area (Å²) in [6.45, 7) is 1.63. The molecule has 0 fully saturated rings. The first-order valence-corrected chi connectivity index (χ1v) is 9.76. The summed E-state index contributed by atoms with van der Waals surface area (Å²) in [5.74, 6) is 2.88. The molecule has 0 radical (unpaired) electrons. The van der Waals surface area contributed by atoms with Crippen molar-refractivity contribution in [3.63, 3.8) is 0 Å². The third kappa shape index (κ3) is 7.18. The van der Waals surface area contributed by atoms with Gasteiger partial charge in [-0.15, -0.1) is 0 Å². The van der Waals surface area contributed by atoms with E-state index in [1.54, 1.807) is 38.6 Å². The van der Waals surface area contributed by atoms with E-state index in [9.17, 15) is 4.39 Å². The number of aliphatic imine (C=N–C) groups is 1. The topological polar surface area (TPSA) is 77.0 Å². The molecule has 0 saturated heterocycles. The van der Waals surface area contributed by atoms with Crippen LogP contribution < -0.4 is 24.8 Å². The molecular weight excluding hydrogens is 399 g/mol. The highest BCUT2D eigenvalue weighted by Crippen LogP contribution is 2.19. The van der Waals surface area contributed by atoms with E-state index in [0.717, 1.165) is 17.1 Å². The molecule has 0 atom stereocenters. The van der Waals surface area contributed by atoms with Crippen LogP contribution >= 0.6 is 0 Å². The van der Waals surface area contributed by atoms with Crippen LogP contribution in [0.15, 0.2) is 71.9 Å². The normalized spacial score (nSPS) is 11.0. The van der Waals surface area contributed by atoms with E-state index in [-0.39, 0.29) is 5.82 Å². The Labute approximate surface area is 180 Å². The standard InChI is InChI=1S/C23H25FN4O3/c1-25-23(26-13-14-30-20-10-8-19(29-2)9-11-20)28-16-17-3-12-22(27-15-17)31-21-6-4-18(24)5-7-21/h3-12,15H,13-14,16H2,1-2H3,(H2,25,26,28). The maximum Gasteiger partial charge on any atom is 0.219 e. The minimum Gasteiger partial charge on any atom is -0.497 e. The van der Waals surface area contributed by atoms with E-state index >= 15 is 0 Å². The quantitative estimate of drug-likeness (QED) is 0.309. The van der Waals surface area contributed by atoms with E-state index in [2.05, 4.69) is 20.6 Å². The van der Waals surface area contributed by atoms with Gasteiger partial charge in [0.25, 0.3) is 0 Å². The van der Waals surface area contributed by atoms with Gasteiger partial charge in [0.05, 0.1) is 13.7 Å². The summed E-state index contributed by atoms with van der Waals surface area (Å²) in [7, 11) is 3.34. The van der Waals surface area contributed by atoms with Crippen molar-refractivity contribution < 1.29 is 18.6 Å². The predicted molar refractivity (Wildman–Crippen MR) is 117 cm³/mol. The average molecular weight is 424 g/mol. The fourth-order valence-corrected chi connectivity index (χ4v) is 2.62. The summed E-state index contributed by atoms with van der Waals surface area (Å²) in [4.78, 5) is 8.47. The van der Waals surface area contributed by atoms with Gasteiger partial charge in [-0.05, 0) is 54.1 Å². The molecule has 0 unspecified atom stereocenters. The largest absolute Gasteiger partial charge is 0.497 e. The Morgan fingerprint density at radius 1 is 0.935 bits per heavy atom. The highest BCUT2D eigenvalue weighted by atomic mass is 19.1. The Hall–Kier alpha value is -3.81. The molecule has 8 heteroatoms. The van der Waals surface area contributed by atoms with Gasteiger partial charge in [-0.25, -0.2) is 9.37 Å². The van der Waals surface area contributed by atoms with Crippen molar-refractivity contribution in [2.24, 2.45) is 4.99 Å². The van der Waals surface area contributed by atoms with Crippen molar-refractivity contribution in [3.8, 4) is 23.1 Å². The number of methoxy groups -OCH3 is 1. The Kier molecular flexibility index (Phi) is 8.05. The van der Waals surface area contributed by atoms with Crippen molar-refractivity contribution in [2.75, 3.05) is 27.3 Å². The number of benzene rings is 2. The van der Waals surface area contributed by atoms with Crippen molar-refractivity contribution >= 4 is 5.96 Å². The predicted octanol–water partition coefficient (Wildman–Crippen LogP) is 3.77. The number of rotatable bonds is 9. The van der Waals surface area contributed by atoms with Gasteiger partial charge in [0, 0.05) is 25.9 Å². The van der Waals surface area contributed by atoms with Crippen LogP contribution in [0.1, 0.15) is 5.56 Å². The molecule has 0 bridgehead atoms. The van der Waals surface area contributed by atoms with Gasteiger partial charge in [-0.3, -0.25) is 4.99 Å². The molecule has 162 valence electrons. The van der Waals surface area contributed by atoms with Crippen molar-refractivity contribution in [1.29, 1.82) is 0 Å². The second-order valence-corrected chi connectivity index (χ2v) is 6.44. The first-order chi connectivity index (χ1) is 15.2. The Bertz CT molecular complexity index is 962. The van der Waals surface area contributed by atoms with E-state index in [1.807, 2.05) is 30.3 Å². The summed E-state index contributed by atoms with van der Waals surface area (Å²) < 4.78 is 29.4. The highest BCUT2D eigenvalue weighted by Gasteiger charge is 2.02. The molecule has 7 nitrogen and oxygen atoms in total. The molecule has 1 heterocycles. The lowest BCUT2D eigenvalue weighted by atomic mass is 10.3. The van der Waals surface area contributed by atoms with Gasteiger partial charge in [-0.2, -0.15) is 0 Å². The average Bonchev–Trinajstić information content (AvgIpc) is 2.81. The zero-order chi connectivity index (χ0) is 21.9. The van der Waals surface area contributed by atoms with E-state index in [1.165, 1.54) is 12.1 Å². The molecule has 1 aromatic heterocycles. The summed E-state index contributed by atoms with van der Waals surface area (Å²) >= 11 is 0. The van der Waals surface area contributed by atoms with E-state index in [0.29, 0.717) is 37.3 Å². The SMILES string of the molecule is CN=C(NCCOc1ccc(OC)cc1)NCc1ccc(Oc2ccc(F)cc2)nc1. The van der Waals surface area contributed by atoms with Gasteiger partial charge >= 0.3 is 0 Å². The molecule has 0 aliphatic heterocycles. The Balaban J connectivity index is 1.38. The Morgan fingerprint density at radius 3 is 2.29 bits per heavy atom. The number of ether oxygens (including phenoxy) is 3. The van der Waals surface area contributed by atoms with Gasteiger partial charge in [0.15, 0.2) is 5.96 Å². The van der Waals surface area contributed by atoms with E-state index in [4.69, 9.17) is 14.2 Å². The first-order valence-electron chi connectivity index (χ1n) is 9.76. The Morgan fingerprint density at radius 2 is 1.65 bits per heavy atom. The second kappa shape index (κ2) is 11.4. The van der Waals surface area contributed by atoms with E-state index < -0.39 is 0 Å². The third-order valence-corrected chi connectivity index (χ3v) is 4.24. The van der Waals surface area contributed by atoms with Crippen LogP contribution in [-0.4, -0.2) is 38.3 Å². The molecule has 0 saturated carbocycles. The lowest BCUT2D eigenvalue weighted by Crippen LogP contribution is -2.38. The zero-order valence-corrected chi connectivity index (χ0v) is 17.5. The second-order valence-electron chi connectivity index (χ2n) is 6.44. The number of nitrogens with zero attached hydrogens (tertiary/aromatic N) is 2. The van der Waals surface area contributed by atoms with Crippen LogP contribution in [0.3, 0.4) is 0 Å². The number of aromatic nitrogens is 1. The minimum absolute atomic E-state index is 0.309. The van der Waals surface area contributed by atoms with Crippen molar-refractivity contribution in [2.45, 2.75) is 6.54 Å². The number of hydrogen-bond donors (Lipinski definition) is 2. The summed E-state index contributed by atoms with van der Waals surface area (Å²) in [5.41, 5.74) is 0.962. The zero-order valence-electron chi connectivity index (χ0n) is 17.5. The molecule has 3 aromatic rings. The lowest BCUT2D eigenvalue weighted by Gasteiger charge is -2.13. The van der Waals surface area contributed by atoms with Crippen LogP contribution in [-0.2, 0) is 6.54 Å². The fourth-order valence-electron chi connectivity index (χ4n) is 2.62. The van der Waals surface area contributed by atoms with Gasteiger partial charge in [0.1, 0.15) is 29.7 Å². The minimum atomic E-state index is -0.309. The number of hydrogen-bond acceptors (Lipinski definition) is 5. The fraction of sp³-hybridized carbons (Fsp3) is 0.217. The number of guanidine groups is 1. The van der Waals surface area contributed by atoms with Gasteiger partial charge in [0.2, 0.25) is 5.88 Å². The number of nitrogens with one attached hydrogen (secondary N) is 2. The monoisotopic (exact) mass is 424 g/mol. The smallest absolute Gasteiger partial charge is 0.219 e. The van der Waals surface area contributed by atoms with Crippen LogP contribution in [0.25, 0.3) is 0 Å². The lowest BCUT2D eigenvalue weighted by molar-refractivity contribution is 0.321. The molecule has 0 amide bonds. The summed E-state index contributed by atoms with van der Waals surface area (Å²) in [6.07, 6.45) is 1.71. The van der Waals surface area contributed by atoms with Gasteiger partial charge in [-0.1, -0.05) is 6.07 Å². The maximum absolute atomic E-state index is 13.0.